The van der Waals surface area contributed by atoms with Crippen LogP contribution in [0.5, 0.6) is 0 Å². The van der Waals surface area contributed by atoms with Crippen molar-refractivity contribution in [3.05, 3.63) is 102 Å². The Labute approximate surface area is 255 Å². The second-order valence-corrected chi connectivity index (χ2v) is 14.7. The number of furan rings is 1. The fourth-order valence-electron chi connectivity index (χ4n) is 5.59. The standard InChI is InChI=1S/C39H41N3O/c1-37(2,3)27-22-29-28-20-26(21-30(38(4,5)6)32(28)43-33(29)31(23-27)39(7,8)9)36-41-34(24-16-12-10-13-17-24)40-35(42-36)25-18-14-11-15-19-25/h10-23H,1-9H3. The van der Waals surface area contributed by atoms with E-state index in [9.17, 15) is 0 Å². The molecule has 0 atom stereocenters. The van der Waals surface area contributed by atoms with Gasteiger partial charge in [-0.2, -0.15) is 0 Å². The lowest BCUT2D eigenvalue weighted by Crippen LogP contribution is -2.16. The van der Waals surface area contributed by atoms with Gasteiger partial charge in [0.1, 0.15) is 11.2 Å². The molecule has 0 aliphatic rings. The minimum atomic E-state index is -0.172. The summed E-state index contributed by atoms with van der Waals surface area (Å²) in [6.07, 6.45) is 0. The van der Waals surface area contributed by atoms with Crippen LogP contribution in [0, 0.1) is 0 Å². The average molecular weight is 568 g/mol. The van der Waals surface area contributed by atoms with E-state index in [0.29, 0.717) is 17.5 Å². The van der Waals surface area contributed by atoms with E-state index in [4.69, 9.17) is 19.4 Å². The van der Waals surface area contributed by atoms with Gasteiger partial charge in [-0.25, -0.2) is 15.0 Å². The van der Waals surface area contributed by atoms with Gasteiger partial charge in [-0.15, -0.1) is 0 Å². The van der Waals surface area contributed by atoms with Crippen molar-refractivity contribution >= 4 is 21.9 Å². The zero-order valence-electron chi connectivity index (χ0n) is 26.8. The Balaban J connectivity index is 1.70. The van der Waals surface area contributed by atoms with Crippen molar-refractivity contribution in [1.82, 2.24) is 15.0 Å². The molecule has 4 heteroatoms. The summed E-state index contributed by atoms with van der Waals surface area (Å²) in [5.74, 6) is 1.96. The van der Waals surface area contributed by atoms with Crippen LogP contribution in [0.4, 0.5) is 0 Å². The Kier molecular flexibility index (Phi) is 6.80. The number of rotatable bonds is 3. The summed E-state index contributed by atoms with van der Waals surface area (Å²) in [6.45, 7) is 20.3. The molecule has 4 nitrogen and oxygen atoms in total. The molecule has 6 rings (SSSR count). The maximum atomic E-state index is 6.86. The first kappa shape index (κ1) is 28.8. The molecule has 4 aromatic carbocycles. The van der Waals surface area contributed by atoms with Crippen molar-refractivity contribution in [2.24, 2.45) is 0 Å². The molecule has 0 bridgehead atoms. The van der Waals surface area contributed by atoms with Crippen LogP contribution in [-0.2, 0) is 16.2 Å². The molecule has 6 aromatic rings. The van der Waals surface area contributed by atoms with E-state index < -0.39 is 0 Å². The normalized spacial score (nSPS) is 12.8. The van der Waals surface area contributed by atoms with Crippen molar-refractivity contribution < 1.29 is 4.42 Å². The van der Waals surface area contributed by atoms with Gasteiger partial charge < -0.3 is 4.42 Å². The lowest BCUT2D eigenvalue weighted by atomic mass is 9.79. The Hall–Kier alpha value is -4.31. The first-order chi connectivity index (χ1) is 20.2. The van der Waals surface area contributed by atoms with Crippen LogP contribution in [0.1, 0.15) is 79.0 Å². The monoisotopic (exact) mass is 567 g/mol. The van der Waals surface area contributed by atoms with Gasteiger partial charge in [-0.1, -0.05) is 129 Å². The van der Waals surface area contributed by atoms with Gasteiger partial charge in [0.25, 0.3) is 0 Å². The molecule has 0 radical (unpaired) electrons. The SMILES string of the molecule is CC(C)(C)c1cc(C(C)(C)C)c2oc3c(C(C)(C)C)cc(-c4nc(-c5ccccc5)nc(-c5ccccc5)n4)cc3c2c1. The zero-order chi connectivity index (χ0) is 30.7. The van der Waals surface area contributed by atoms with Crippen LogP contribution >= 0.6 is 0 Å². The Morgan fingerprint density at radius 2 is 0.860 bits per heavy atom. The van der Waals surface area contributed by atoms with Gasteiger partial charge in [-0.05, 0) is 40.0 Å². The van der Waals surface area contributed by atoms with E-state index in [1.54, 1.807) is 0 Å². The number of aromatic nitrogens is 3. The predicted molar refractivity (Wildman–Crippen MR) is 180 cm³/mol. The molecular formula is C39H41N3O. The highest BCUT2D eigenvalue weighted by Crippen LogP contribution is 2.44. The number of hydrogen-bond acceptors (Lipinski definition) is 4. The third-order valence-corrected chi connectivity index (χ3v) is 8.11. The van der Waals surface area contributed by atoms with Gasteiger partial charge in [0, 0.05) is 38.6 Å². The van der Waals surface area contributed by atoms with Crippen LogP contribution in [0.3, 0.4) is 0 Å². The maximum Gasteiger partial charge on any atom is 0.164 e. The van der Waals surface area contributed by atoms with E-state index in [1.807, 2.05) is 60.7 Å². The highest BCUT2D eigenvalue weighted by atomic mass is 16.3. The molecule has 43 heavy (non-hydrogen) atoms. The average Bonchev–Trinajstić information content (AvgIpc) is 3.34. The van der Waals surface area contributed by atoms with Crippen molar-refractivity contribution in [3.63, 3.8) is 0 Å². The summed E-state index contributed by atoms with van der Waals surface area (Å²) in [4.78, 5) is 15.0. The first-order valence-corrected chi connectivity index (χ1v) is 15.1. The minimum absolute atomic E-state index is 0.00830. The maximum absolute atomic E-state index is 6.86. The summed E-state index contributed by atoms with van der Waals surface area (Å²) >= 11 is 0. The molecule has 0 saturated carbocycles. The molecule has 0 aliphatic heterocycles. The number of hydrogen-bond donors (Lipinski definition) is 0. The van der Waals surface area contributed by atoms with Crippen LogP contribution in [0.2, 0.25) is 0 Å². The second kappa shape index (κ2) is 10.2. The molecule has 0 aliphatic carbocycles. The van der Waals surface area contributed by atoms with Crippen molar-refractivity contribution in [1.29, 1.82) is 0 Å². The van der Waals surface area contributed by atoms with E-state index in [2.05, 4.69) is 86.6 Å². The number of benzene rings is 4. The fourth-order valence-corrected chi connectivity index (χ4v) is 5.59. The van der Waals surface area contributed by atoms with Gasteiger partial charge in [0.2, 0.25) is 0 Å². The van der Waals surface area contributed by atoms with Crippen LogP contribution in [0.15, 0.2) is 89.3 Å². The van der Waals surface area contributed by atoms with E-state index in [-0.39, 0.29) is 16.2 Å². The molecule has 0 saturated heterocycles. The third-order valence-electron chi connectivity index (χ3n) is 8.11. The van der Waals surface area contributed by atoms with Gasteiger partial charge in [0.05, 0.1) is 0 Å². The lowest BCUT2D eigenvalue weighted by molar-refractivity contribution is 0.550. The van der Waals surface area contributed by atoms with E-state index in [0.717, 1.165) is 44.2 Å². The summed E-state index contributed by atoms with van der Waals surface area (Å²) in [7, 11) is 0. The zero-order valence-corrected chi connectivity index (χ0v) is 26.8. The molecule has 0 spiro atoms. The summed E-state index contributed by atoms with van der Waals surface area (Å²) < 4.78 is 6.86. The highest BCUT2D eigenvalue weighted by Gasteiger charge is 2.29. The van der Waals surface area contributed by atoms with Gasteiger partial charge >= 0.3 is 0 Å². The summed E-state index contributed by atoms with van der Waals surface area (Å²) in [6, 6.07) is 29.4. The van der Waals surface area contributed by atoms with Crippen LogP contribution in [-0.4, -0.2) is 15.0 Å². The largest absolute Gasteiger partial charge is 0.455 e. The van der Waals surface area contributed by atoms with Gasteiger partial charge in [-0.3, -0.25) is 0 Å². The molecule has 2 heterocycles. The van der Waals surface area contributed by atoms with Gasteiger partial charge in [0.15, 0.2) is 17.5 Å². The topological polar surface area (TPSA) is 51.8 Å². The summed E-state index contributed by atoms with van der Waals surface area (Å²) in [5.41, 5.74) is 8.16. The lowest BCUT2D eigenvalue weighted by Gasteiger charge is -2.25. The van der Waals surface area contributed by atoms with Crippen molar-refractivity contribution in [3.8, 4) is 34.2 Å². The highest BCUT2D eigenvalue weighted by molar-refractivity contribution is 6.09. The molecule has 0 fully saturated rings. The molecule has 0 amide bonds. The second-order valence-electron chi connectivity index (χ2n) is 14.7. The molecule has 218 valence electrons. The molecule has 2 aromatic heterocycles. The quantitative estimate of drug-likeness (QED) is 0.213. The number of nitrogens with zero attached hydrogens (tertiary/aromatic N) is 3. The number of fused-ring (bicyclic) bond motifs is 3. The van der Waals surface area contributed by atoms with Crippen LogP contribution in [0.25, 0.3) is 56.1 Å². The van der Waals surface area contributed by atoms with E-state index >= 15 is 0 Å². The van der Waals surface area contributed by atoms with Crippen LogP contribution < -0.4 is 0 Å². The summed E-state index contributed by atoms with van der Waals surface area (Å²) in [5, 5.41) is 2.23. The minimum Gasteiger partial charge on any atom is -0.455 e. The molecule has 0 N–H and O–H groups in total. The van der Waals surface area contributed by atoms with Crippen molar-refractivity contribution in [2.75, 3.05) is 0 Å². The predicted octanol–water partition coefficient (Wildman–Crippen LogP) is 10.7. The molecule has 0 unspecified atom stereocenters. The Morgan fingerprint density at radius 3 is 1.30 bits per heavy atom. The molecular weight excluding hydrogens is 526 g/mol. The third kappa shape index (κ3) is 5.47. The first-order valence-electron chi connectivity index (χ1n) is 15.1. The Bertz CT molecular complexity index is 1890. The fraction of sp³-hybridized carbons (Fsp3) is 0.308. The van der Waals surface area contributed by atoms with Crippen molar-refractivity contribution in [2.45, 2.75) is 78.6 Å². The Morgan fingerprint density at radius 1 is 0.442 bits per heavy atom. The van der Waals surface area contributed by atoms with E-state index in [1.165, 1.54) is 11.1 Å². The smallest absolute Gasteiger partial charge is 0.164 e.